The van der Waals surface area contributed by atoms with Crippen LogP contribution in [0.2, 0.25) is 0 Å². The Balaban J connectivity index is 0.00000192. The first-order valence-electron chi connectivity index (χ1n) is 7.95. The number of para-hydroxylation sites is 1. The minimum absolute atomic E-state index is 0. The number of hydrogen-bond donors (Lipinski definition) is 2. The third-order valence-corrected chi connectivity index (χ3v) is 4.60. The van der Waals surface area contributed by atoms with Gasteiger partial charge in [-0.15, -0.1) is 30.4 Å². The molecule has 4 nitrogen and oxygen atoms in total. The van der Waals surface area contributed by atoms with Gasteiger partial charge in [-0.1, -0.05) is 24.1 Å². The number of halogens is 1. The zero-order valence-corrected chi connectivity index (χ0v) is 15.8. The number of benzene rings is 1. The highest BCUT2D eigenvalue weighted by Gasteiger charge is 2.43. The number of guanidine groups is 1. The molecule has 3 rings (SSSR count). The molecule has 1 aromatic carbocycles. The van der Waals surface area contributed by atoms with Gasteiger partial charge in [0.15, 0.2) is 5.96 Å². The van der Waals surface area contributed by atoms with Crippen LogP contribution < -0.4 is 15.4 Å². The van der Waals surface area contributed by atoms with Crippen molar-refractivity contribution in [1.82, 2.24) is 10.6 Å². The molecule has 1 spiro atoms. The molecule has 1 aromatic rings. The summed E-state index contributed by atoms with van der Waals surface area (Å²) in [6.07, 6.45) is 11.1. The van der Waals surface area contributed by atoms with E-state index in [0.29, 0.717) is 6.54 Å². The molecule has 1 fully saturated rings. The molecule has 0 radical (unpaired) electrons. The first-order valence-corrected chi connectivity index (χ1v) is 7.95. The Morgan fingerprint density at radius 1 is 1.39 bits per heavy atom. The third-order valence-electron chi connectivity index (χ3n) is 4.60. The van der Waals surface area contributed by atoms with Crippen LogP contribution in [0.25, 0.3) is 0 Å². The van der Waals surface area contributed by atoms with E-state index in [0.717, 1.165) is 31.0 Å². The minimum atomic E-state index is -0.0169. The zero-order chi connectivity index (χ0) is 15.4. The highest BCUT2D eigenvalue weighted by Crippen LogP contribution is 2.46. The molecule has 124 valence electrons. The van der Waals surface area contributed by atoms with Gasteiger partial charge in [-0.25, -0.2) is 0 Å². The van der Waals surface area contributed by atoms with Crippen molar-refractivity contribution in [3.05, 3.63) is 29.8 Å². The highest BCUT2D eigenvalue weighted by molar-refractivity contribution is 14.0. The molecule has 0 aromatic heterocycles. The van der Waals surface area contributed by atoms with Gasteiger partial charge in [0.05, 0.1) is 12.6 Å². The molecule has 0 saturated heterocycles. The van der Waals surface area contributed by atoms with Crippen molar-refractivity contribution in [2.45, 2.75) is 43.7 Å². The molecule has 2 aliphatic rings. The molecule has 1 heterocycles. The summed E-state index contributed by atoms with van der Waals surface area (Å²) in [5.41, 5.74) is 1.18. The number of hydrogen-bond acceptors (Lipinski definition) is 2. The second-order valence-corrected chi connectivity index (χ2v) is 6.06. The molecule has 0 bridgehead atoms. The number of fused-ring (bicyclic) bond motifs is 1. The average molecular weight is 425 g/mol. The van der Waals surface area contributed by atoms with Gasteiger partial charge in [-0.05, 0) is 31.7 Å². The molecule has 5 heteroatoms. The fourth-order valence-corrected chi connectivity index (χ4v) is 3.57. The molecule has 0 amide bonds. The lowest BCUT2D eigenvalue weighted by atomic mass is 9.86. The summed E-state index contributed by atoms with van der Waals surface area (Å²) in [5.74, 6) is 4.32. The summed E-state index contributed by atoms with van der Waals surface area (Å²) in [6, 6.07) is 8.49. The second kappa shape index (κ2) is 7.91. The summed E-state index contributed by atoms with van der Waals surface area (Å²) in [7, 11) is 1.77. The molecule has 23 heavy (non-hydrogen) atoms. The minimum Gasteiger partial charge on any atom is -0.487 e. The lowest BCUT2D eigenvalue weighted by molar-refractivity contribution is 0.0396. The summed E-state index contributed by atoms with van der Waals surface area (Å²) in [5, 5.41) is 6.65. The van der Waals surface area contributed by atoms with E-state index in [1.54, 1.807) is 7.05 Å². The number of nitrogens with zero attached hydrogens (tertiary/aromatic N) is 1. The van der Waals surface area contributed by atoms with E-state index in [-0.39, 0.29) is 35.6 Å². The fraction of sp³-hybridized carbons (Fsp3) is 0.500. The van der Waals surface area contributed by atoms with Crippen LogP contribution in [0, 0.1) is 12.3 Å². The van der Waals surface area contributed by atoms with Gasteiger partial charge in [0, 0.05) is 19.0 Å². The lowest BCUT2D eigenvalue weighted by Gasteiger charge is -2.40. The standard InChI is InChI=1S/C18H23N3O.HI/c1-3-12-20-17(19-2)21-15-13-18(10-6-7-11-18)22-16-9-5-4-8-14(15)16;/h1,4-5,8-9,15H,6-7,10-13H2,2H3,(H2,19,20,21);1H. The molecule has 2 N–H and O–H groups in total. The second-order valence-electron chi connectivity index (χ2n) is 6.06. The van der Waals surface area contributed by atoms with Crippen LogP contribution in [-0.4, -0.2) is 25.2 Å². The van der Waals surface area contributed by atoms with Crippen molar-refractivity contribution in [3.63, 3.8) is 0 Å². The average Bonchev–Trinajstić information content (AvgIpc) is 2.98. The molecular weight excluding hydrogens is 401 g/mol. The fourth-order valence-electron chi connectivity index (χ4n) is 3.57. The number of nitrogens with one attached hydrogen (secondary N) is 2. The molecule has 1 atom stereocenters. The van der Waals surface area contributed by atoms with Gasteiger partial charge in [0.1, 0.15) is 11.4 Å². The predicted octanol–water partition coefficient (Wildman–Crippen LogP) is 3.24. The number of aliphatic imine (C=N–C) groups is 1. The monoisotopic (exact) mass is 425 g/mol. The Hall–Kier alpha value is -1.42. The number of ether oxygens (including phenoxy) is 1. The summed E-state index contributed by atoms with van der Waals surface area (Å²) >= 11 is 0. The Bertz CT molecular complexity index is 603. The topological polar surface area (TPSA) is 45.7 Å². The van der Waals surface area contributed by atoms with Crippen LogP contribution in [0.5, 0.6) is 5.75 Å². The van der Waals surface area contributed by atoms with E-state index in [1.807, 2.05) is 6.07 Å². The maximum absolute atomic E-state index is 6.37. The van der Waals surface area contributed by atoms with Crippen molar-refractivity contribution >= 4 is 29.9 Å². The SMILES string of the molecule is C#CCNC(=NC)NC1CC2(CCCC2)Oc2ccccc21.I. The van der Waals surface area contributed by atoms with Crippen LogP contribution >= 0.6 is 24.0 Å². The first kappa shape index (κ1) is 17.9. The van der Waals surface area contributed by atoms with Gasteiger partial charge in [0.25, 0.3) is 0 Å². The van der Waals surface area contributed by atoms with Crippen molar-refractivity contribution in [1.29, 1.82) is 0 Å². The maximum Gasteiger partial charge on any atom is 0.192 e. The first-order chi connectivity index (χ1) is 10.8. The van der Waals surface area contributed by atoms with E-state index in [4.69, 9.17) is 11.2 Å². The number of rotatable bonds is 2. The summed E-state index contributed by atoms with van der Waals surface area (Å²) < 4.78 is 6.37. The van der Waals surface area contributed by atoms with E-state index in [1.165, 1.54) is 18.4 Å². The van der Waals surface area contributed by atoms with E-state index in [2.05, 4.69) is 39.7 Å². The third kappa shape index (κ3) is 3.92. The Labute approximate surface area is 155 Å². The number of terminal acetylenes is 1. The van der Waals surface area contributed by atoms with Gasteiger partial charge >= 0.3 is 0 Å². The normalized spacial score (nSPS) is 21.6. The molecule has 1 saturated carbocycles. The van der Waals surface area contributed by atoms with Crippen LogP contribution in [0.1, 0.15) is 43.7 Å². The summed E-state index contributed by atoms with van der Waals surface area (Å²) in [6.45, 7) is 0.468. The smallest absolute Gasteiger partial charge is 0.192 e. The van der Waals surface area contributed by atoms with Crippen LogP contribution in [0.4, 0.5) is 0 Å². The highest BCUT2D eigenvalue weighted by atomic mass is 127. The Kier molecular flexibility index (Phi) is 6.17. The van der Waals surface area contributed by atoms with E-state index < -0.39 is 0 Å². The van der Waals surface area contributed by atoms with Crippen molar-refractivity contribution in [3.8, 4) is 18.1 Å². The Morgan fingerprint density at radius 3 is 2.83 bits per heavy atom. The molecule has 1 aliphatic carbocycles. The predicted molar refractivity (Wildman–Crippen MR) is 104 cm³/mol. The van der Waals surface area contributed by atoms with Crippen LogP contribution in [-0.2, 0) is 0 Å². The largest absolute Gasteiger partial charge is 0.487 e. The summed E-state index contributed by atoms with van der Waals surface area (Å²) in [4.78, 5) is 4.27. The van der Waals surface area contributed by atoms with Gasteiger partial charge in [-0.2, -0.15) is 0 Å². The van der Waals surface area contributed by atoms with Gasteiger partial charge in [-0.3, -0.25) is 4.99 Å². The molecule has 1 unspecified atom stereocenters. The molecular formula is C18H24IN3O. The van der Waals surface area contributed by atoms with Crippen molar-refractivity contribution < 1.29 is 4.74 Å². The zero-order valence-electron chi connectivity index (χ0n) is 13.5. The quantitative estimate of drug-likeness (QED) is 0.331. The lowest BCUT2D eigenvalue weighted by Crippen LogP contribution is -2.46. The van der Waals surface area contributed by atoms with Crippen LogP contribution in [0.3, 0.4) is 0 Å². The van der Waals surface area contributed by atoms with Gasteiger partial charge < -0.3 is 15.4 Å². The van der Waals surface area contributed by atoms with E-state index >= 15 is 0 Å². The van der Waals surface area contributed by atoms with E-state index in [9.17, 15) is 0 Å². The van der Waals surface area contributed by atoms with Crippen molar-refractivity contribution in [2.75, 3.05) is 13.6 Å². The van der Waals surface area contributed by atoms with Crippen molar-refractivity contribution in [2.24, 2.45) is 4.99 Å². The molecule has 1 aliphatic heterocycles. The Morgan fingerprint density at radius 2 is 2.13 bits per heavy atom. The maximum atomic E-state index is 6.37. The van der Waals surface area contributed by atoms with Crippen LogP contribution in [0.15, 0.2) is 29.3 Å². The van der Waals surface area contributed by atoms with Gasteiger partial charge in [0.2, 0.25) is 0 Å².